The maximum atomic E-state index is 12.7. The number of thiophene rings is 1. The van der Waals surface area contributed by atoms with E-state index >= 15 is 0 Å². The third-order valence-corrected chi connectivity index (χ3v) is 7.59. The number of halogens is 2. The lowest BCUT2D eigenvalue weighted by Crippen LogP contribution is -2.43. The van der Waals surface area contributed by atoms with Crippen molar-refractivity contribution in [2.24, 2.45) is 0 Å². The molecule has 0 amide bonds. The molecule has 2 heterocycles. The lowest BCUT2D eigenvalue weighted by atomic mass is 10.0. The molecule has 0 radical (unpaired) electrons. The minimum Gasteiger partial charge on any atom is -0.206 e. The molecular formula is C12H17Cl2NO2S2. The van der Waals surface area contributed by atoms with Gasteiger partial charge in [-0.3, -0.25) is 0 Å². The number of piperidine rings is 1. The third-order valence-electron chi connectivity index (χ3n) is 3.41. The van der Waals surface area contributed by atoms with Crippen LogP contribution in [0.15, 0.2) is 10.3 Å². The van der Waals surface area contributed by atoms with Crippen LogP contribution in [0.25, 0.3) is 0 Å². The van der Waals surface area contributed by atoms with E-state index in [0.29, 0.717) is 27.4 Å². The summed E-state index contributed by atoms with van der Waals surface area (Å²) < 4.78 is 27.8. The van der Waals surface area contributed by atoms with Gasteiger partial charge in [0.05, 0.1) is 4.34 Å². The molecule has 19 heavy (non-hydrogen) atoms. The second-order valence-electron chi connectivity index (χ2n) is 4.77. The van der Waals surface area contributed by atoms with Crippen molar-refractivity contribution in [1.82, 2.24) is 4.31 Å². The van der Waals surface area contributed by atoms with Gasteiger partial charge in [0.1, 0.15) is 4.21 Å². The molecule has 0 bridgehead atoms. The summed E-state index contributed by atoms with van der Waals surface area (Å²) in [6.07, 6.45) is 3.58. The monoisotopic (exact) mass is 341 g/mol. The molecule has 1 fully saturated rings. The molecule has 1 unspecified atom stereocenters. The van der Waals surface area contributed by atoms with Crippen molar-refractivity contribution in [3.05, 3.63) is 16.0 Å². The summed E-state index contributed by atoms with van der Waals surface area (Å²) in [6.45, 7) is 2.41. The van der Waals surface area contributed by atoms with E-state index in [1.807, 2.05) is 6.92 Å². The molecule has 1 aromatic rings. The van der Waals surface area contributed by atoms with E-state index in [2.05, 4.69) is 0 Å². The first-order chi connectivity index (χ1) is 8.96. The van der Waals surface area contributed by atoms with Gasteiger partial charge >= 0.3 is 0 Å². The largest absolute Gasteiger partial charge is 0.252 e. The van der Waals surface area contributed by atoms with Crippen LogP contribution in [0.5, 0.6) is 0 Å². The van der Waals surface area contributed by atoms with Crippen LogP contribution < -0.4 is 0 Å². The molecule has 1 saturated heterocycles. The quantitative estimate of drug-likeness (QED) is 0.779. The van der Waals surface area contributed by atoms with E-state index in [1.165, 1.54) is 0 Å². The molecule has 0 spiro atoms. The zero-order valence-corrected chi connectivity index (χ0v) is 13.9. The molecule has 1 atom stereocenters. The predicted molar refractivity (Wildman–Crippen MR) is 80.9 cm³/mol. The molecule has 3 nitrogen and oxygen atoms in total. The summed E-state index contributed by atoms with van der Waals surface area (Å²) in [6, 6.07) is 1.69. The van der Waals surface area contributed by atoms with Crippen LogP contribution in [0.2, 0.25) is 4.34 Å². The van der Waals surface area contributed by atoms with E-state index in [4.69, 9.17) is 23.2 Å². The van der Waals surface area contributed by atoms with Crippen molar-refractivity contribution in [3.8, 4) is 0 Å². The Hall–Kier alpha value is 0.190. The number of nitrogens with zero attached hydrogens (tertiary/aromatic N) is 1. The van der Waals surface area contributed by atoms with Gasteiger partial charge in [-0.1, -0.05) is 18.0 Å². The Morgan fingerprint density at radius 3 is 2.79 bits per heavy atom. The molecule has 1 aromatic heterocycles. The van der Waals surface area contributed by atoms with Crippen molar-refractivity contribution < 1.29 is 8.42 Å². The van der Waals surface area contributed by atoms with E-state index in [1.54, 1.807) is 10.4 Å². The van der Waals surface area contributed by atoms with Crippen LogP contribution in [-0.4, -0.2) is 31.2 Å². The van der Waals surface area contributed by atoms with Crippen molar-refractivity contribution in [1.29, 1.82) is 0 Å². The van der Waals surface area contributed by atoms with Gasteiger partial charge in [0.15, 0.2) is 0 Å². The summed E-state index contributed by atoms with van der Waals surface area (Å²) in [4.78, 5) is 0. The number of aryl methyl sites for hydroxylation is 1. The zero-order valence-electron chi connectivity index (χ0n) is 10.7. The second-order valence-corrected chi connectivity index (χ2v) is 8.91. The van der Waals surface area contributed by atoms with Crippen LogP contribution in [0.4, 0.5) is 0 Å². The number of sulfonamides is 1. The van der Waals surface area contributed by atoms with Gasteiger partial charge in [0.25, 0.3) is 10.0 Å². The first-order valence-electron chi connectivity index (χ1n) is 6.30. The van der Waals surface area contributed by atoms with Gasteiger partial charge in [-0.2, -0.15) is 4.31 Å². The Kier molecular flexibility index (Phi) is 5.17. The number of alkyl halides is 1. The molecule has 108 valence electrons. The maximum absolute atomic E-state index is 12.7. The van der Waals surface area contributed by atoms with Gasteiger partial charge in [0, 0.05) is 18.5 Å². The van der Waals surface area contributed by atoms with Crippen molar-refractivity contribution >= 4 is 44.6 Å². The summed E-state index contributed by atoms with van der Waals surface area (Å²) in [5.41, 5.74) is 0.816. The molecule has 0 aliphatic carbocycles. The van der Waals surface area contributed by atoms with Crippen molar-refractivity contribution in [2.75, 3.05) is 12.4 Å². The fraction of sp³-hybridized carbons (Fsp3) is 0.667. The Labute approximate surface area is 128 Å². The SMILES string of the molecule is Cc1cc(S(=O)(=O)N2CCCCC2CCCl)sc1Cl. The summed E-state index contributed by atoms with van der Waals surface area (Å²) in [5, 5.41) is 0. The van der Waals surface area contributed by atoms with Crippen molar-refractivity contribution in [3.63, 3.8) is 0 Å². The molecule has 1 aliphatic heterocycles. The maximum Gasteiger partial charge on any atom is 0.252 e. The fourth-order valence-corrected chi connectivity index (χ4v) is 6.19. The first-order valence-corrected chi connectivity index (χ1v) is 9.47. The standard InChI is InChI=1S/C12H17Cl2NO2S2/c1-9-8-11(18-12(9)14)19(16,17)15-7-3-2-4-10(15)5-6-13/h8,10H,2-7H2,1H3. The van der Waals surface area contributed by atoms with Gasteiger partial charge in [-0.05, 0) is 37.8 Å². The Bertz CT molecular complexity index is 520. The summed E-state index contributed by atoms with van der Waals surface area (Å²) >= 11 is 12.9. The van der Waals surface area contributed by atoms with Gasteiger partial charge < -0.3 is 0 Å². The minimum atomic E-state index is -3.43. The normalized spacial score (nSPS) is 21.7. The van der Waals surface area contributed by atoms with Crippen LogP contribution >= 0.6 is 34.5 Å². The molecule has 1 aliphatic rings. The van der Waals surface area contributed by atoms with E-state index in [-0.39, 0.29) is 6.04 Å². The second kappa shape index (κ2) is 6.31. The summed E-state index contributed by atoms with van der Waals surface area (Å²) in [5.74, 6) is 0.487. The summed E-state index contributed by atoms with van der Waals surface area (Å²) in [7, 11) is -3.43. The highest BCUT2D eigenvalue weighted by Gasteiger charge is 2.34. The average Bonchev–Trinajstić information content (AvgIpc) is 2.71. The highest BCUT2D eigenvalue weighted by molar-refractivity contribution is 7.91. The Balaban J connectivity index is 2.31. The van der Waals surface area contributed by atoms with Crippen LogP contribution in [0, 0.1) is 6.92 Å². The Morgan fingerprint density at radius 1 is 1.47 bits per heavy atom. The Morgan fingerprint density at radius 2 is 2.21 bits per heavy atom. The van der Waals surface area contributed by atoms with Crippen LogP contribution in [0.3, 0.4) is 0 Å². The fourth-order valence-electron chi connectivity index (χ4n) is 2.38. The number of hydrogen-bond acceptors (Lipinski definition) is 3. The molecular weight excluding hydrogens is 325 g/mol. The molecule has 2 rings (SSSR count). The third kappa shape index (κ3) is 3.27. The molecule has 0 N–H and O–H groups in total. The zero-order chi connectivity index (χ0) is 14.0. The van der Waals surface area contributed by atoms with Crippen molar-refractivity contribution in [2.45, 2.75) is 42.9 Å². The smallest absolute Gasteiger partial charge is 0.206 e. The lowest BCUT2D eigenvalue weighted by Gasteiger charge is -2.33. The van der Waals surface area contributed by atoms with Gasteiger partial charge in [-0.15, -0.1) is 22.9 Å². The minimum absolute atomic E-state index is 0.0254. The van der Waals surface area contributed by atoms with Crippen LogP contribution in [-0.2, 0) is 10.0 Å². The van der Waals surface area contributed by atoms with Gasteiger partial charge in [-0.25, -0.2) is 8.42 Å². The average molecular weight is 342 g/mol. The highest BCUT2D eigenvalue weighted by atomic mass is 35.5. The highest BCUT2D eigenvalue weighted by Crippen LogP contribution is 2.34. The predicted octanol–water partition coefficient (Wildman–Crippen LogP) is 3.88. The first kappa shape index (κ1) is 15.6. The number of hydrogen-bond donors (Lipinski definition) is 0. The molecule has 0 aromatic carbocycles. The lowest BCUT2D eigenvalue weighted by molar-refractivity contribution is 0.248. The van der Waals surface area contributed by atoms with E-state index < -0.39 is 10.0 Å². The molecule has 7 heteroatoms. The van der Waals surface area contributed by atoms with Gasteiger partial charge in [0.2, 0.25) is 0 Å². The number of rotatable bonds is 4. The van der Waals surface area contributed by atoms with Crippen LogP contribution in [0.1, 0.15) is 31.2 Å². The van der Waals surface area contributed by atoms with E-state index in [9.17, 15) is 8.42 Å². The molecule has 0 saturated carbocycles. The topological polar surface area (TPSA) is 37.4 Å². The van der Waals surface area contributed by atoms with E-state index in [0.717, 1.165) is 36.2 Å².